The van der Waals surface area contributed by atoms with Gasteiger partial charge in [-0.3, -0.25) is 4.90 Å². The zero-order valence-corrected chi connectivity index (χ0v) is 10.2. The van der Waals surface area contributed by atoms with Gasteiger partial charge < -0.3 is 9.15 Å². The third kappa shape index (κ3) is 3.76. The molecule has 1 rings (SSSR count). The second-order valence-corrected chi connectivity index (χ2v) is 3.90. The Kier molecular flexibility index (Phi) is 4.39. The Balaban J connectivity index is 2.75. The number of furan rings is 1. The van der Waals surface area contributed by atoms with Crippen molar-refractivity contribution in [1.82, 2.24) is 4.90 Å². The summed E-state index contributed by atoms with van der Waals surface area (Å²) in [4.78, 5) is 12.2. The van der Waals surface area contributed by atoms with Crippen molar-refractivity contribution in [3.8, 4) is 0 Å². The summed E-state index contributed by atoms with van der Waals surface area (Å²) in [5.41, 5.74) is 0. The first-order valence-corrected chi connectivity index (χ1v) is 5.19. The molecule has 0 fully saturated rings. The van der Waals surface area contributed by atoms with Crippen molar-refractivity contribution < 1.29 is 27.1 Å². The lowest BCUT2D eigenvalue weighted by Gasteiger charge is -2.23. The van der Waals surface area contributed by atoms with Crippen LogP contribution in [0.5, 0.6) is 0 Å². The lowest BCUT2D eigenvalue weighted by Crippen LogP contribution is -2.32. The average molecular weight is 265 g/mol. The number of rotatable bonds is 4. The maximum Gasteiger partial charge on any atom is 0.401 e. The highest BCUT2D eigenvalue weighted by molar-refractivity contribution is 5.86. The highest BCUT2D eigenvalue weighted by Gasteiger charge is 2.32. The van der Waals surface area contributed by atoms with Crippen molar-refractivity contribution in [2.75, 3.05) is 20.7 Å². The summed E-state index contributed by atoms with van der Waals surface area (Å²) in [6.45, 7) is 0.508. The Hall–Kier alpha value is -1.50. The van der Waals surface area contributed by atoms with Crippen molar-refractivity contribution in [3.63, 3.8) is 0 Å². The zero-order valence-electron chi connectivity index (χ0n) is 10.2. The molecule has 1 aromatic rings. The van der Waals surface area contributed by atoms with Gasteiger partial charge in [0, 0.05) is 0 Å². The Morgan fingerprint density at radius 3 is 2.61 bits per heavy atom. The molecule has 0 N–H and O–H groups in total. The molecule has 1 unspecified atom stereocenters. The molecule has 1 aromatic heterocycles. The SMILES string of the molecule is COC(=O)c1ccc(C(C)N(C)CC(F)(F)F)o1. The van der Waals surface area contributed by atoms with E-state index >= 15 is 0 Å². The first kappa shape index (κ1) is 14.6. The molecule has 0 aliphatic carbocycles. The highest BCUT2D eigenvalue weighted by atomic mass is 19.4. The van der Waals surface area contributed by atoms with Gasteiger partial charge in [0.05, 0.1) is 19.7 Å². The number of halogens is 3. The van der Waals surface area contributed by atoms with Gasteiger partial charge in [0.15, 0.2) is 0 Å². The van der Waals surface area contributed by atoms with Crippen LogP contribution in [-0.2, 0) is 4.74 Å². The Bertz CT molecular complexity index is 414. The van der Waals surface area contributed by atoms with Gasteiger partial charge in [-0.25, -0.2) is 4.79 Å². The van der Waals surface area contributed by atoms with Crippen LogP contribution in [0.4, 0.5) is 13.2 Å². The number of carbonyl (C=O) groups is 1. The lowest BCUT2D eigenvalue weighted by molar-refractivity contribution is -0.147. The summed E-state index contributed by atoms with van der Waals surface area (Å²) in [5, 5.41) is 0. The summed E-state index contributed by atoms with van der Waals surface area (Å²) >= 11 is 0. The maximum absolute atomic E-state index is 12.2. The topological polar surface area (TPSA) is 42.7 Å². The van der Waals surface area contributed by atoms with E-state index < -0.39 is 24.7 Å². The van der Waals surface area contributed by atoms with Crippen molar-refractivity contribution in [1.29, 1.82) is 0 Å². The van der Waals surface area contributed by atoms with Crippen LogP contribution in [0.3, 0.4) is 0 Å². The molecule has 0 spiro atoms. The van der Waals surface area contributed by atoms with Crippen molar-refractivity contribution in [2.24, 2.45) is 0 Å². The van der Waals surface area contributed by atoms with E-state index in [1.54, 1.807) is 6.92 Å². The summed E-state index contributed by atoms with van der Waals surface area (Å²) in [5.74, 6) is -0.408. The van der Waals surface area contributed by atoms with E-state index in [2.05, 4.69) is 4.74 Å². The molecule has 1 atom stereocenters. The lowest BCUT2D eigenvalue weighted by atomic mass is 10.2. The molecule has 0 saturated heterocycles. The van der Waals surface area contributed by atoms with Gasteiger partial charge in [0.25, 0.3) is 0 Å². The van der Waals surface area contributed by atoms with E-state index in [0.29, 0.717) is 0 Å². The number of esters is 1. The number of carbonyl (C=O) groups excluding carboxylic acids is 1. The van der Waals surface area contributed by atoms with Crippen molar-refractivity contribution in [2.45, 2.75) is 19.1 Å². The van der Waals surface area contributed by atoms with E-state index in [1.807, 2.05) is 0 Å². The molecule has 102 valence electrons. The largest absolute Gasteiger partial charge is 0.463 e. The number of methoxy groups -OCH3 is 1. The Labute approximate surface area is 102 Å². The summed E-state index contributed by atoms with van der Waals surface area (Å²) < 4.78 is 46.3. The normalized spacial score (nSPS) is 13.7. The number of alkyl halides is 3. The average Bonchev–Trinajstić information content (AvgIpc) is 2.73. The molecule has 0 bridgehead atoms. The fourth-order valence-corrected chi connectivity index (χ4v) is 1.42. The molecule has 0 aliphatic heterocycles. The minimum Gasteiger partial charge on any atom is -0.463 e. The second kappa shape index (κ2) is 5.43. The van der Waals surface area contributed by atoms with Gasteiger partial charge in [-0.15, -0.1) is 0 Å². The van der Waals surface area contributed by atoms with Crippen LogP contribution in [0.15, 0.2) is 16.5 Å². The minimum atomic E-state index is -4.28. The van der Waals surface area contributed by atoms with Crippen LogP contribution in [-0.4, -0.2) is 37.7 Å². The van der Waals surface area contributed by atoms with Gasteiger partial charge >= 0.3 is 12.1 Å². The molecule has 18 heavy (non-hydrogen) atoms. The zero-order chi connectivity index (χ0) is 13.9. The number of hydrogen-bond donors (Lipinski definition) is 0. The molecule has 0 aliphatic rings. The minimum absolute atomic E-state index is 0.0280. The maximum atomic E-state index is 12.2. The number of nitrogens with zero attached hydrogens (tertiary/aromatic N) is 1. The third-order valence-electron chi connectivity index (χ3n) is 2.51. The molecule has 0 amide bonds. The summed E-state index contributed by atoms with van der Waals surface area (Å²) in [7, 11) is 2.53. The molecular weight excluding hydrogens is 251 g/mol. The van der Waals surface area contributed by atoms with E-state index in [-0.39, 0.29) is 11.5 Å². The number of hydrogen-bond acceptors (Lipinski definition) is 4. The van der Waals surface area contributed by atoms with E-state index in [4.69, 9.17) is 4.42 Å². The van der Waals surface area contributed by atoms with Crippen LogP contribution in [0, 0.1) is 0 Å². The predicted molar refractivity (Wildman–Crippen MR) is 57.1 cm³/mol. The van der Waals surface area contributed by atoms with E-state index in [9.17, 15) is 18.0 Å². The molecule has 4 nitrogen and oxygen atoms in total. The van der Waals surface area contributed by atoms with Crippen molar-refractivity contribution >= 4 is 5.97 Å². The quantitative estimate of drug-likeness (QED) is 0.785. The molecule has 1 heterocycles. The van der Waals surface area contributed by atoms with Gasteiger partial charge in [0.1, 0.15) is 5.76 Å². The molecule has 0 radical (unpaired) electrons. The fraction of sp³-hybridized carbons (Fsp3) is 0.545. The Morgan fingerprint density at radius 2 is 2.11 bits per heavy atom. The first-order chi connectivity index (χ1) is 8.24. The van der Waals surface area contributed by atoms with Gasteiger partial charge in [-0.2, -0.15) is 13.2 Å². The van der Waals surface area contributed by atoms with E-state index in [0.717, 1.165) is 4.90 Å². The smallest absolute Gasteiger partial charge is 0.401 e. The van der Waals surface area contributed by atoms with Crippen LogP contribution < -0.4 is 0 Å². The molecule has 7 heteroatoms. The number of ether oxygens (including phenoxy) is 1. The highest BCUT2D eigenvalue weighted by Crippen LogP contribution is 2.25. The Morgan fingerprint density at radius 1 is 1.50 bits per heavy atom. The third-order valence-corrected chi connectivity index (χ3v) is 2.51. The predicted octanol–water partition coefficient (Wildman–Crippen LogP) is 2.62. The first-order valence-electron chi connectivity index (χ1n) is 5.19. The van der Waals surface area contributed by atoms with Crippen molar-refractivity contribution in [3.05, 3.63) is 23.7 Å². The second-order valence-electron chi connectivity index (χ2n) is 3.90. The summed E-state index contributed by atoms with van der Waals surface area (Å²) in [6.07, 6.45) is -4.28. The van der Waals surface area contributed by atoms with Crippen LogP contribution in [0.1, 0.15) is 29.3 Å². The molecular formula is C11H14F3NO3. The molecule has 0 aromatic carbocycles. The van der Waals surface area contributed by atoms with E-state index in [1.165, 1.54) is 26.3 Å². The van der Waals surface area contributed by atoms with Crippen LogP contribution >= 0.6 is 0 Å². The monoisotopic (exact) mass is 265 g/mol. The van der Waals surface area contributed by atoms with Crippen LogP contribution in [0.25, 0.3) is 0 Å². The van der Waals surface area contributed by atoms with Gasteiger partial charge in [-0.05, 0) is 26.1 Å². The van der Waals surface area contributed by atoms with Gasteiger partial charge in [0.2, 0.25) is 5.76 Å². The molecule has 0 saturated carbocycles. The summed E-state index contributed by atoms with van der Waals surface area (Å²) in [6, 6.07) is 2.24. The fourth-order valence-electron chi connectivity index (χ4n) is 1.42. The van der Waals surface area contributed by atoms with Crippen LogP contribution in [0.2, 0.25) is 0 Å². The van der Waals surface area contributed by atoms with Gasteiger partial charge in [-0.1, -0.05) is 0 Å². The standard InChI is InChI=1S/C11H14F3NO3/c1-7(15(2)6-11(12,13)14)8-4-5-9(18-8)10(16)17-3/h4-5,7H,6H2,1-3H3.